The van der Waals surface area contributed by atoms with E-state index < -0.39 is 0 Å². The normalized spacial score (nSPS) is 23.4. The maximum absolute atomic E-state index is 3.55. The highest BCUT2D eigenvalue weighted by Gasteiger charge is 2.27. The van der Waals surface area contributed by atoms with Crippen molar-refractivity contribution in [1.29, 1.82) is 0 Å². The van der Waals surface area contributed by atoms with Gasteiger partial charge in [-0.05, 0) is 37.8 Å². The van der Waals surface area contributed by atoms with Gasteiger partial charge in [-0.25, -0.2) is 0 Å². The molecule has 106 valence electrons. The third-order valence-corrected chi connectivity index (χ3v) is 4.03. The van der Waals surface area contributed by atoms with E-state index in [1.165, 1.54) is 29.8 Å². The minimum atomic E-state index is 0.531. The molecule has 0 aliphatic carbocycles. The van der Waals surface area contributed by atoms with E-state index in [2.05, 4.69) is 63.0 Å². The summed E-state index contributed by atoms with van der Waals surface area (Å²) in [6.07, 6.45) is 1.31. The van der Waals surface area contributed by atoms with Gasteiger partial charge in [0.2, 0.25) is 0 Å². The summed E-state index contributed by atoms with van der Waals surface area (Å²) in [6.45, 7) is 13.5. The highest BCUT2D eigenvalue weighted by atomic mass is 15.2. The van der Waals surface area contributed by atoms with Crippen LogP contribution in [0.25, 0.3) is 0 Å². The summed E-state index contributed by atoms with van der Waals surface area (Å²) in [4.78, 5) is 2.58. The van der Waals surface area contributed by atoms with E-state index in [9.17, 15) is 0 Å². The van der Waals surface area contributed by atoms with Crippen molar-refractivity contribution in [2.45, 2.75) is 59.7 Å². The van der Waals surface area contributed by atoms with Gasteiger partial charge in [0.15, 0.2) is 0 Å². The highest BCUT2D eigenvalue weighted by Crippen LogP contribution is 2.31. The SMILES string of the molecule is Cc1ccc(N2CC(C)CC2C)c(CNC(C)C)c1. The van der Waals surface area contributed by atoms with Crippen LogP contribution in [0.15, 0.2) is 18.2 Å². The number of hydrogen-bond donors (Lipinski definition) is 1. The molecule has 0 radical (unpaired) electrons. The molecule has 1 aromatic carbocycles. The Morgan fingerprint density at radius 2 is 2.05 bits per heavy atom. The quantitative estimate of drug-likeness (QED) is 0.887. The van der Waals surface area contributed by atoms with Crippen molar-refractivity contribution in [3.05, 3.63) is 29.3 Å². The second-order valence-corrected chi connectivity index (χ2v) is 6.51. The van der Waals surface area contributed by atoms with Gasteiger partial charge < -0.3 is 10.2 Å². The molecule has 1 heterocycles. The van der Waals surface area contributed by atoms with Gasteiger partial charge in [-0.1, -0.05) is 38.5 Å². The van der Waals surface area contributed by atoms with Crippen LogP contribution < -0.4 is 10.2 Å². The average Bonchev–Trinajstić information content (AvgIpc) is 2.66. The maximum Gasteiger partial charge on any atom is 0.0414 e. The summed E-state index contributed by atoms with van der Waals surface area (Å²) >= 11 is 0. The fraction of sp³-hybridized carbons (Fsp3) is 0.647. The van der Waals surface area contributed by atoms with Gasteiger partial charge in [0.25, 0.3) is 0 Å². The van der Waals surface area contributed by atoms with E-state index in [1.54, 1.807) is 0 Å². The number of nitrogens with zero attached hydrogens (tertiary/aromatic N) is 1. The summed E-state index contributed by atoms with van der Waals surface area (Å²) in [5, 5.41) is 3.55. The first-order valence-electron chi connectivity index (χ1n) is 7.57. The number of aryl methyl sites for hydroxylation is 1. The lowest BCUT2D eigenvalue weighted by atomic mass is 10.1. The molecule has 1 saturated heterocycles. The van der Waals surface area contributed by atoms with E-state index in [0.717, 1.165) is 12.5 Å². The smallest absolute Gasteiger partial charge is 0.0414 e. The first-order valence-corrected chi connectivity index (χ1v) is 7.57. The molecule has 0 aromatic heterocycles. The van der Waals surface area contributed by atoms with Gasteiger partial charge in [-0.3, -0.25) is 0 Å². The van der Waals surface area contributed by atoms with E-state index >= 15 is 0 Å². The standard InChI is InChI=1S/C17H28N2/c1-12(2)18-10-16-9-13(3)6-7-17(16)19-11-14(4)8-15(19)5/h6-7,9,12,14-15,18H,8,10-11H2,1-5H3. The van der Waals surface area contributed by atoms with Crippen LogP contribution in [-0.4, -0.2) is 18.6 Å². The van der Waals surface area contributed by atoms with Crippen LogP contribution in [0.5, 0.6) is 0 Å². The molecular weight excluding hydrogens is 232 g/mol. The lowest BCUT2D eigenvalue weighted by Gasteiger charge is -2.27. The Morgan fingerprint density at radius 3 is 2.63 bits per heavy atom. The van der Waals surface area contributed by atoms with Crippen molar-refractivity contribution in [2.75, 3.05) is 11.4 Å². The van der Waals surface area contributed by atoms with Crippen LogP contribution >= 0.6 is 0 Å². The topological polar surface area (TPSA) is 15.3 Å². The first kappa shape index (κ1) is 14.4. The monoisotopic (exact) mass is 260 g/mol. The minimum Gasteiger partial charge on any atom is -0.368 e. The van der Waals surface area contributed by atoms with E-state index in [0.29, 0.717) is 12.1 Å². The third-order valence-electron chi connectivity index (χ3n) is 4.03. The number of hydrogen-bond acceptors (Lipinski definition) is 2. The lowest BCUT2D eigenvalue weighted by molar-refractivity contribution is 0.587. The van der Waals surface area contributed by atoms with Crippen molar-refractivity contribution in [3.63, 3.8) is 0 Å². The highest BCUT2D eigenvalue weighted by molar-refractivity contribution is 5.56. The Morgan fingerprint density at radius 1 is 1.32 bits per heavy atom. The lowest BCUT2D eigenvalue weighted by Crippen LogP contribution is -2.29. The number of benzene rings is 1. The second-order valence-electron chi connectivity index (χ2n) is 6.51. The predicted molar refractivity (Wildman–Crippen MR) is 83.7 cm³/mol. The molecule has 1 aliphatic heterocycles. The van der Waals surface area contributed by atoms with Crippen molar-refractivity contribution < 1.29 is 0 Å². The molecule has 1 aliphatic rings. The molecule has 2 nitrogen and oxygen atoms in total. The molecule has 0 spiro atoms. The van der Waals surface area contributed by atoms with E-state index in [4.69, 9.17) is 0 Å². The zero-order chi connectivity index (χ0) is 14.0. The molecule has 1 fully saturated rings. The molecule has 0 bridgehead atoms. The van der Waals surface area contributed by atoms with Crippen LogP contribution in [0.1, 0.15) is 45.2 Å². The van der Waals surface area contributed by atoms with E-state index in [-0.39, 0.29) is 0 Å². The van der Waals surface area contributed by atoms with Crippen LogP contribution in [-0.2, 0) is 6.54 Å². The minimum absolute atomic E-state index is 0.531. The molecule has 2 rings (SSSR count). The third kappa shape index (κ3) is 3.50. The summed E-state index contributed by atoms with van der Waals surface area (Å²) in [7, 11) is 0. The van der Waals surface area contributed by atoms with Crippen molar-refractivity contribution >= 4 is 5.69 Å². The summed E-state index contributed by atoms with van der Waals surface area (Å²) < 4.78 is 0. The number of nitrogens with one attached hydrogen (secondary N) is 1. The van der Waals surface area contributed by atoms with Gasteiger partial charge >= 0.3 is 0 Å². The zero-order valence-electron chi connectivity index (χ0n) is 13.0. The molecule has 0 saturated carbocycles. The van der Waals surface area contributed by atoms with Gasteiger partial charge in [-0.15, -0.1) is 0 Å². The van der Waals surface area contributed by atoms with Gasteiger partial charge in [0.05, 0.1) is 0 Å². The van der Waals surface area contributed by atoms with Crippen LogP contribution in [0.4, 0.5) is 5.69 Å². The van der Waals surface area contributed by atoms with Gasteiger partial charge in [0, 0.05) is 30.9 Å². The molecule has 1 N–H and O–H groups in total. The van der Waals surface area contributed by atoms with Gasteiger partial charge in [-0.2, -0.15) is 0 Å². The number of anilines is 1. The van der Waals surface area contributed by atoms with Crippen LogP contribution in [0.2, 0.25) is 0 Å². The van der Waals surface area contributed by atoms with Gasteiger partial charge in [0.1, 0.15) is 0 Å². The Kier molecular flexibility index (Phi) is 4.51. The molecule has 2 unspecified atom stereocenters. The molecule has 1 aromatic rings. The molecule has 2 atom stereocenters. The summed E-state index contributed by atoms with van der Waals surface area (Å²) in [5.74, 6) is 0.808. The fourth-order valence-corrected chi connectivity index (χ4v) is 3.09. The average molecular weight is 260 g/mol. The van der Waals surface area contributed by atoms with Crippen LogP contribution in [0, 0.1) is 12.8 Å². The Balaban J connectivity index is 2.23. The fourth-order valence-electron chi connectivity index (χ4n) is 3.09. The van der Waals surface area contributed by atoms with Crippen molar-refractivity contribution in [3.8, 4) is 0 Å². The summed E-state index contributed by atoms with van der Waals surface area (Å²) in [6, 6.07) is 8.07. The van der Waals surface area contributed by atoms with E-state index in [1.807, 2.05) is 0 Å². The summed E-state index contributed by atoms with van der Waals surface area (Å²) in [5.41, 5.74) is 4.22. The number of rotatable bonds is 4. The predicted octanol–water partition coefficient (Wildman–Crippen LogP) is 3.73. The zero-order valence-corrected chi connectivity index (χ0v) is 13.0. The second kappa shape index (κ2) is 5.96. The molecule has 19 heavy (non-hydrogen) atoms. The Bertz CT molecular complexity index is 425. The first-order chi connectivity index (χ1) is 8.97. The largest absolute Gasteiger partial charge is 0.368 e. The molecule has 0 amide bonds. The van der Waals surface area contributed by atoms with Crippen molar-refractivity contribution in [2.24, 2.45) is 5.92 Å². The Hall–Kier alpha value is -1.02. The van der Waals surface area contributed by atoms with Crippen molar-refractivity contribution in [1.82, 2.24) is 5.32 Å². The Labute approximate surface area is 118 Å². The maximum atomic E-state index is 3.55. The van der Waals surface area contributed by atoms with Crippen LogP contribution in [0.3, 0.4) is 0 Å². The molecule has 2 heteroatoms. The molecular formula is C17H28N2.